The lowest BCUT2D eigenvalue weighted by molar-refractivity contribution is -0.144. The lowest BCUT2D eigenvalue weighted by Crippen LogP contribution is -2.50. The fraction of sp³-hybridized carbons (Fsp3) is 0.933. The van der Waals surface area contributed by atoms with Crippen LogP contribution in [0.1, 0.15) is 51.9 Å². The molecule has 0 aromatic heterocycles. The molecule has 2 fully saturated rings. The number of nitrogens with one attached hydrogen (secondary N) is 1. The highest BCUT2D eigenvalue weighted by Crippen LogP contribution is 2.46. The molecule has 1 spiro atoms. The maximum Gasteiger partial charge on any atom is 0.323 e. The molecule has 1 heterocycles. The highest BCUT2D eigenvalue weighted by molar-refractivity contribution is 5.78. The summed E-state index contributed by atoms with van der Waals surface area (Å²) in [7, 11) is 1.73. The van der Waals surface area contributed by atoms with Gasteiger partial charge in [0.2, 0.25) is 0 Å². The van der Waals surface area contributed by atoms with Crippen molar-refractivity contribution in [2.75, 3.05) is 26.7 Å². The molecule has 1 atom stereocenters. The Morgan fingerprint density at radius 2 is 1.84 bits per heavy atom. The average Bonchev–Trinajstić information content (AvgIpc) is 2.86. The van der Waals surface area contributed by atoms with Crippen LogP contribution in [0, 0.1) is 5.41 Å². The summed E-state index contributed by atoms with van der Waals surface area (Å²) >= 11 is 0. The van der Waals surface area contributed by atoms with Gasteiger partial charge in [0.25, 0.3) is 0 Å². The van der Waals surface area contributed by atoms with E-state index < -0.39 is 11.5 Å². The summed E-state index contributed by atoms with van der Waals surface area (Å²) in [6.45, 7) is 4.97. The fourth-order valence-corrected chi connectivity index (χ4v) is 3.60. The first-order chi connectivity index (χ1) is 9.00. The lowest BCUT2D eigenvalue weighted by Gasteiger charge is -2.40. The Hall–Kier alpha value is -0.610. The normalized spacial score (nSPS) is 26.4. The van der Waals surface area contributed by atoms with Crippen LogP contribution in [0.4, 0.5) is 0 Å². The summed E-state index contributed by atoms with van der Waals surface area (Å²) in [5.74, 6) is -0.751. The highest BCUT2D eigenvalue weighted by Gasteiger charge is 2.38. The van der Waals surface area contributed by atoms with Crippen molar-refractivity contribution in [2.24, 2.45) is 5.41 Å². The summed E-state index contributed by atoms with van der Waals surface area (Å²) < 4.78 is 0. The molecule has 4 nitrogen and oxygen atoms in total. The number of nitrogens with zero attached hydrogens (tertiary/aromatic N) is 1. The second kappa shape index (κ2) is 5.80. The third-order valence-electron chi connectivity index (χ3n) is 5.53. The molecule has 1 aliphatic carbocycles. The molecule has 1 saturated heterocycles. The number of carboxylic acid groups (broad SMARTS) is 1. The SMILES string of the molecule is CNC(C)(CCN1CCC2(CCCC2)CC1)C(=O)O. The second-order valence-corrected chi connectivity index (χ2v) is 6.69. The van der Waals surface area contributed by atoms with E-state index in [0.29, 0.717) is 11.8 Å². The van der Waals surface area contributed by atoms with Crippen molar-refractivity contribution in [1.29, 1.82) is 0 Å². The van der Waals surface area contributed by atoms with E-state index in [1.165, 1.54) is 38.5 Å². The highest BCUT2D eigenvalue weighted by atomic mass is 16.4. The van der Waals surface area contributed by atoms with Gasteiger partial charge in [-0.15, -0.1) is 0 Å². The molecule has 110 valence electrons. The molecule has 1 saturated carbocycles. The van der Waals surface area contributed by atoms with E-state index in [9.17, 15) is 9.90 Å². The Morgan fingerprint density at radius 1 is 1.26 bits per heavy atom. The van der Waals surface area contributed by atoms with Gasteiger partial charge in [0, 0.05) is 6.54 Å². The summed E-state index contributed by atoms with van der Waals surface area (Å²) in [5, 5.41) is 12.2. The monoisotopic (exact) mass is 268 g/mol. The van der Waals surface area contributed by atoms with E-state index in [1.54, 1.807) is 14.0 Å². The number of hydrogen-bond donors (Lipinski definition) is 2. The molecule has 1 aliphatic heterocycles. The largest absolute Gasteiger partial charge is 0.480 e. The number of likely N-dealkylation sites (N-methyl/N-ethyl adjacent to an activating group) is 1. The minimum Gasteiger partial charge on any atom is -0.480 e. The Morgan fingerprint density at radius 3 is 2.32 bits per heavy atom. The molecule has 2 N–H and O–H groups in total. The van der Waals surface area contributed by atoms with Crippen molar-refractivity contribution in [3.63, 3.8) is 0 Å². The number of aliphatic carboxylic acids is 1. The van der Waals surface area contributed by atoms with E-state index in [2.05, 4.69) is 10.2 Å². The predicted molar refractivity (Wildman–Crippen MR) is 76.3 cm³/mol. The zero-order valence-electron chi connectivity index (χ0n) is 12.4. The van der Waals surface area contributed by atoms with Gasteiger partial charge < -0.3 is 15.3 Å². The molecule has 19 heavy (non-hydrogen) atoms. The maximum atomic E-state index is 11.2. The smallest absolute Gasteiger partial charge is 0.323 e. The van der Waals surface area contributed by atoms with Gasteiger partial charge in [-0.3, -0.25) is 4.79 Å². The van der Waals surface area contributed by atoms with Crippen LogP contribution in [-0.2, 0) is 4.79 Å². The van der Waals surface area contributed by atoms with Gasteiger partial charge in [-0.1, -0.05) is 12.8 Å². The Kier molecular flexibility index (Phi) is 4.51. The molecule has 2 rings (SSSR count). The lowest BCUT2D eigenvalue weighted by atomic mass is 9.77. The van der Waals surface area contributed by atoms with Crippen LogP contribution < -0.4 is 5.32 Å². The third kappa shape index (κ3) is 3.29. The topological polar surface area (TPSA) is 52.6 Å². The number of carbonyl (C=O) groups is 1. The summed E-state index contributed by atoms with van der Waals surface area (Å²) in [6.07, 6.45) is 8.97. The van der Waals surface area contributed by atoms with Crippen LogP contribution in [0.5, 0.6) is 0 Å². The van der Waals surface area contributed by atoms with Crippen molar-refractivity contribution in [3.8, 4) is 0 Å². The van der Waals surface area contributed by atoms with Crippen LogP contribution in [0.2, 0.25) is 0 Å². The van der Waals surface area contributed by atoms with Crippen molar-refractivity contribution in [3.05, 3.63) is 0 Å². The Balaban J connectivity index is 1.78. The van der Waals surface area contributed by atoms with Gasteiger partial charge in [0.05, 0.1) is 0 Å². The van der Waals surface area contributed by atoms with Gasteiger partial charge in [0.15, 0.2) is 0 Å². The first-order valence-electron chi connectivity index (χ1n) is 7.64. The number of hydrogen-bond acceptors (Lipinski definition) is 3. The molecule has 2 aliphatic rings. The molecule has 0 bridgehead atoms. The van der Waals surface area contributed by atoms with Gasteiger partial charge in [-0.05, 0) is 64.6 Å². The molecule has 0 aromatic rings. The molecule has 4 heteroatoms. The molecular formula is C15H28N2O2. The van der Waals surface area contributed by atoms with Gasteiger partial charge >= 0.3 is 5.97 Å². The van der Waals surface area contributed by atoms with Crippen molar-refractivity contribution >= 4 is 5.97 Å². The van der Waals surface area contributed by atoms with E-state index in [1.807, 2.05) is 0 Å². The maximum absolute atomic E-state index is 11.2. The minimum atomic E-state index is -0.789. The van der Waals surface area contributed by atoms with Crippen LogP contribution in [0.3, 0.4) is 0 Å². The minimum absolute atomic E-state index is 0.648. The van der Waals surface area contributed by atoms with E-state index in [4.69, 9.17) is 0 Å². The van der Waals surface area contributed by atoms with Crippen molar-refractivity contribution in [1.82, 2.24) is 10.2 Å². The van der Waals surface area contributed by atoms with Crippen LogP contribution >= 0.6 is 0 Å². The Labute approximate surface area is 116 Å². The molecular weight excluding hydrogens is 240 g/mol. The van der Waals surface area contributed by atoms with E-state index in [-0.39, 0.29) is 0 Å². The van der Waals surface area contributed by atoms with Crippen LogP contribution in [0.15, 0.2) is 0 Å². The number of likely N-dealkylation sites (tertiary alicyclic amines) is 1. The summed E-state index contributed by atoms with van der Waals surface area (Å²) in [5.41, 5.74) is -0.141. The third-order valence-corrected chi connectivity index (χ3v) is 5.53. The number of piperidine rings is 1. The number of carboxylic acids is 1. The quantitative estimate of drug-likeness (QED) is 0.802. The molecule has 1 unspecified atom stereocenters. The van der Waals surface area contributed by atoms with Crippen molar-refractivity contribution in [2.45, 2.75) is 57.4 Å². The van der Waals surface area contributed by atoms with E-state index >= 15 is 0 Å². The zero-order chi connectivity index (χ0) is 13.9. The zero-order valence-corrected chi connectivity index (χ0v) is 12.4. The van der Waals surface area contributed by atoms with Gasteiger partial charge in [-0.25, -0.2) is 0 Å². The molecule has 0 amide bonds. The van der Waals surface area contributed by atoms with Crippen molar-refractivity contribution < 1.29 is 9.90 Å². The Bertz CT molecular complexity index is 316. The molecule has 0 aromatic carbocycles. The average molecular weight is 268 g/mol. The summed E-state index contributed by atoms with van der Waals surface area (Å²) in [6, 6.07) is 0. The van der Waals surface area contributed by atoms with E-state index in [0.717, 1.165) is 19.6 Å². The first-order valence-corrected chi connectivity index (χ1v) is 7.64. The van der Waals surface area contributed by atoms with Gasteiger partial charge in [-0.2, -0.15) is 0 Å². The molecule has 0 radical (unpaired) electrons. The fourth-order valence-electron chi connectivity index (χ4n) is 3.60. The predicted octanol–water partition coefficient (Wildman–Crippen LogP) is 2.10. The van der Waals surface area contributed by atoms with Crippen LogP contribution in [-0.4, -0.2) is 48.2 Å². The second-order valence-electron chi connectivity index (χ2n) is 6.69. The summed E-state index contributed by atoms with van der Waals surface area (Å²) in [4.78, 5) is 13.7. The number of rotatable bonds is 5. The standard InChI is InChI=1S/C15H28N2O2/c1-14(16-2,13(18)19)7-10-17-11-8-15(9-12-17)5-3-4-6-15/h16H,3-12H2,1-2H3,(H,18,19). The first kappa shape index (κ1) is 14.8. The van der Waals surface area contributed by atoms with Gasteiger partial charge in [0.1, 0.15) is 5.54 Å². The van der Waals surface area contributed by atoms with Crippen LogP contribution in [0.25, 0.3) is 0 Å².